The zero-order chi connectivity index (χ0) is 25.6. The number of anilines is 1. The molecule has 36 heavy (non-hydrogen) atoms. The summed E-state index contributed by atoms with van der Waals surface area (Å²) < 4.78 is 34.6. The lowest BCUT2D eigenvalue weighted by Gasteiger charge is -2.34. The number of carbonyl (C=O) groups is 2. The van der Waals surface area contributed by atoms with Crippen molar-refractivity contribution in [3.8, 4) is 0 Å². The SMILES string of the molecule is COC(=O)N1c2ccc3c(nc(Cc4ccc(F)c(F)c4)n3[C@@H]3CCC[C@@H](C(=O)O)C3)c2CC[C@@H]1C. The molecule has 2 aromatic carbocycles. The monoisotopic (exact) mass is 497 g/mol. The van der Waals surface area contributed by atoms with Gasteiger partial charge in [-0.3, -0.25) is 9.69 Å². The minimum Gasteiger partial charge on any atom is -0.481 e. The second kappa shape index (κ2) is 9.52. The summed E-state index contributed by atoms with van der Waals surface area (Å²) in [6.07, 6.45) is 4.02. The molecular weight excluding hydrogens is 468 g/mol. The first-order chi connectivity index (χ1) is 17.3. The van der Waals surface area contributed by atoms with Gasteiger partial charge in [-0.05, 0) is 68.9 Å². The van der Waals surface area contributed by atoms with E-state index in [1.807, 2.05) is 19.1 Å². The van der Waals surface area contributed by atoms with Crippen LogP contribution in [0, 0.1) is 17.6 Å². The third-order valence-corrected chi connectivity index (χ3v) is 7.61. The molecule has 7 nitrogen and oxygen atoms in total. The van der Waals surface area contributed by atoms with Crippen LogP contribution in [-0.4, -0.2) is 39.9 Å². The number of nitrogens with zero attached hydrogens (tertiary/aromatic N) is 3. The summed E-state index contributed by atoms with van der Waals surface area (Å²) in [5.41, 5.74) is 3.89. The molecule has 1 fully saturated rings. The lowest BCUT2D eigenvalue weighted by molar-refractivity contribution is -0.143. The summed E-state index contributed by atoms with van der Waals surface area (Å²) in [4.78, 5) is 31.0. The fraction of sp³-hybridized carbons (Fsp3) is 0.444. The Morgan fingerprint density at radius 2 is 1.94 bits per heavy atom. The predicted octanol–water partition coefficient (Wildman–Crippen LogP) is 5.63. The maximum atomic E-state index is 14.0. The van der Waals surface area contributed by atoms with E-state index in [-0.39, 0.29) is 18.5 Å². The number of fused-ring (bicyclic) bond motifs is 3. The van der Waals surface area contributed by atoms with E-state index in [1.54, 1.807) is 11.0 Å². The summed E-state index contributed by atoms with van der Waals surface area (Å²) in [6.45, 7) is 1.98. The number of aliphatic carboxylic acids is 1. The summed E-state index contributed by atoms with van der Waals surface area (Å²) in [6, 6.07) is 7.55. The Balaban J connectivity index is 1.65. The van der Waals surface area contributed by atoms with Gasteiger partial charge in [0.1, 0.15) is 5.82 Å². The number of hydrogen-bond donors (Lipinski definition) is 1. The van der Waals surface area contributed by atoms with Crippen LogP contribution in [0.1, 0.15) is 62.0 Å². The van der Waals surface area contributed by atoms with E-state index in [0.717, 1.165) is 54.0 Å². The molecule has 1 N–H and O–H groups in total. The Kier molecular flexibility index (Phi) is 6.40. The Labute approximate surface area is 207 Å². The van der Waals surface area contributed by atoms with E-state index in [2.05, 4.69) is 4.57 Å². The smallest absolute Gasteiger partial charge is 0.414 e. The van der Waals surface area contributed by atoms with Crippen LogP contribution in [0.25, 0.3) is 11.0 Å². The first kappa shape index (κ1) is 24.2. The van der Waals surface area contributed by atoms with Gasteiger partial charge in [0.15, 0.2) is 11.6 Å². The number of carboxylic acid groups (broad SMARTS) is 1. The van der Waals surface area contributed by atoms with Gasteiger partial charge in [0.2, 0.25) is 0 Å². The van der Waals surface area contributed by atoms with Gasteiger partial charge in [-0.15, -0.1) is 0 Å². The number of carboxylic acids is 1. The van der Waals surface area contributed by atoms with Gasteiger partial charge in [0.25, 0.3) is 0 Å². The van der Waals surface area contributed by atoms with E-state index in [0.29, 0.717) is 24.2 Å². The molecule has 0 bridgehead atoms. The zero-order valence-corrected chi connectivity index (χ0v) is 20.3. The number of rotatable bonds is 4. The van der Waals surface area contributed by atoms with Crippen molar-refractivity contribution in [2.75, 3.05) is 12.0 Å². The van der Waals surface area contributed by atoms with Crippen LogP contribution in [0.3, 0.4) is 0 Å². The van der Waals surface area contributed by atoms with Crippen LogP contribution in [-0.2, 0) is 22.4 Å². The first-order valence-electron chi connectivity index (χ1n) is 12.3. The molecule has 3 aromatic rings. The number of carbonyl (C=O) groups excluding carboxylic acids is 1. The number of aryl methyl sites for hydroxylation is 1. The number of halogens is 2. The van der Waals surface area contributed by atoms with Crippen molar-refractivity contribution >= 4 is 28.8 Å². The molecule has 0 unspecified atom stereocenters. The number of ether oxygens (including phenoxy) is 1. The fourth-order valence-corrected chi connectivity index (χ4v) is 5.81. The van der Waals surface area contributed by atoms with E-state index in [9.17, 15) is 23.5 Å². The van der Waals surface area contributed by atoms with E-state index < -0.39 is 29.6 Å². The van der Waals surface area contributed by atoms with Crippen LogP contribution < -0.4 is 4.90 Å². The highest BCUT2D eigenvalue weighted by Crippen LogP contribution is 2.41. The third-order valence-electron chi connectivity index (χ3n) is 7.61. The number of aromatic nitrogens is 2. The number of imidazole rings is 1. The van der Waals surface area contributed by atoms with E-state index >= 15 is 0 Å². The van der Waals surface area contributed by atoms with Gasteiger partial charge < -0.3 is 14.4 Å². The van der Waals surface area contributed by atoms with Crippen LogP contribution in [0.4, 0.5) is 19.3 Å². The highest BCUT2D eigenvalue weighted by Gasteiger charge is 2.34. The predicted molar refractivity (Wildman–Crippen MR) is 130 cm³/mol. The molecule has 1 amide bonds. The lowest BCUT2D eigenvalue weighted by Crippen LogP contribution is -2.42. The van der Waals surface area contributed by atoms with Gasteiger partial charge in [0, 0.05) is 24.1 Å². The molecule has 1 aromatic heterocycles. The van der Waals surface area contributed by atoms with Crippen molar-refractivity contribution in [3.05, 3.63) is 58.9 Å². The van der Waals surface area contributed by atoms with Crippen LogP contribution in [0.15, 0.2) is 30.3 Å². The van der Waals surface area contributed by atoms with E-state index in [4.69, 9.17) is 9.72 Å². The highest BCUT2D eigenvalue weighted by molar-refractivity contribution is 5.95. The minimum absolute atomic E-state index is 0.0270. The van der Waals surface area contributed by atoms with Crippen molar-refractivity contribution in [3.63, 3.8) is 0 Å². The number of benzene rings is 2. The van der Waals surface area contributed by atoms with Gasteiger partial charge >= 0.3 is 12.1 Å². The summed E-state index contributed by atoms with van der Waals surface area (Å²) >= 11 is 0. The zero-order valence-electron chi connectivity index (χ0n) is 20.3. The molecule has 2 aliphatic rings. The van der Waals surface area contributed by atoms with Gasteiger partial charge in [-0.25, -0.2) is 18.6 Å². The Morgan fingerprint density at radius 1 is 1.14 bits per heavy atom. The molecular formula is C27H29F2N3O4. The average molecular weight is 498 g/mol. The maximum absolute atomic E-state index is 14.0. The van der Waals surface area contributed by atoms with Gasteiger partial charge in [-0.2, -0.15) is 0 Å². The summed E-state index contributed by atoms with van der Waals surface area (Å²) in [7, 11) is 1.36. The lowest BCUT2D eigenvalue weighted by atomic mass is 9.85. The van der Waals surface area contributed by atoms with Gasteiger partial charge in [-0.1, -0.05) is 12.5 Å². The first-order valence-corrected chi connectivity index (χ1v) is 12.3. The number of hydrogen-bond acceptors (Lipinski definition) is 4. The Morgan fingerprint density at radius 3 is 2.67 bits per heavy atom. The quantitative estimate of drug-likeness (QED) is 0.505. The molecule has 2 heterocycles. The van der Waals surface area contributed by atoms with E-state index in [1.165, 1.54) is 13.2 Å². The van der Waals surface area contributed by atoms with Crippen molar-refractivity contribution in [1.29, 1.82) is 0 Å². The number of amides is 1. The minimum atomic E-state index is -0.918. The molecule has 1 aliphatic carbocycles. The van der Waals surface area contributed by atoms with Crippen LogP contribution >= 0.6 is 0 Å². The highest BCUT2D eigenvalue weighted by atomic mass is 19.2. The third kappa shape index (κ3) is 4.20. The molecule has 1 aliphatic heterocycles. The molecule has 0 saturated heterocycles. The molecule has 0 radical (unpaired) electrons. The molecule has 9 heteroatoms. The molecule has 3 atom stereocenters. The van der Waals surface area contributed by atoms with Crippen molar-refractivity contribution in [2.45, 2.75) is 64.0 Å². The topological polar surface area (TPSA) is 84.7 Å². The van der Waals surface area contributed by atoms with Crippen molar-refractivity contribution in [1.82, 2.24) is 9.55 Å². The second-order valence-electron chi connectivity index (χ2n) is 9.84. The van der Waals surface area contributed by atoms with Crippen molar-refractivity contribution in [2.24, 2.45) is 5.92 Å². The number of methoxy groups -OCH3 is 1. The maximum Gasteiger partial charge on any atom is 0.414 e. The standard InChI is InChI=1S/C27H29F2N3O4/c1-15-6-8-19-22(31(15)27(35)36-2)10-11-23-25(19)30-24(13-16-7-9-20(28)21(29)12-16)32(23)18-5-3-4-17(14-18)26(33)34/h7,9-12,15,17-18H,3-6,8,13-14H2,1-2H3,(H,33,34)/t15-,17+,18+/m0/s1. The molecule has 190 valence electrons. The van der Waals surface area contributed by atoms with Crippen LogP contribution in [0.2, 0.25) is 0 Å². The summed E-state index contributed by atoms with van der Waals surface area (Å²) in [5.74, 6) is -2.39. The molecule has 1 saturated carbocycles. The largest absolute Gasteiger partial charge is 0.481 e. The average Bonchev–Trinajstić information content (AvgIpc) is 3.23. The Hall–Kier alpha value is -3.49. The second-order valence-corrected chi connectivity index (χ2v) is 9.84. The fourth-order valence-electron chi connectivity index (χ4n) is 5.81. The van der Waals surface area contributed by atoms with Crippen LogP contribution in [0.5, 0.6) is 0 Å². The normalized spacial score (nSPS) is 21.9. The molecule has 0 spiro atoms. The molecule has 5 rings (SSSR count). The summed E-state index contributed by atoms with van der Waals surface area (Å²) in [5, 5.41) is 9.66. The van der Waals surface area contributed by atoms with Gasteiger partial charge in [0.05, 0.1) is 29.7 Å². The van der Waals surface area contributed by atoms with Crippen molar-refractivity contribution < 1.29 is 28.2 Å². The Bertz CT molecular complexity index is 1340.